The van der Waals surface area contributed by atoms with E-state index in [0.29, 0.717) is 18.2 Å². The van der Waals surface area contributed by atoms with E-state index in [1.54, 1.807) is 6.92 Å². The smallest absolute Gasteiger partial charge is 0.340 e. The maximum Gasteiger partial charge on any atom is 0.340 e. The number of hydrogen-bond acceptors (Lipinski definition) is 6. The first kappa shape index (κ1) is 18.9. The van der Waals surface area contributed by atoms with Crippen LogP contribution in [0.3, 0.4) is 0 Å². The van der Waals surface area contributed by atoms with Gasteiger partial charge in [0, 0.05) is 16.8 Å². The van der Waals surface area contributed by atoms with Crippen molar-refractivity contribution in [2.24, 2.45) is 5.73 Å². The molecular formula is C22H23N3O4. The topological polar surface area (TPSA) is 99.5 Å². The van der Waals surface area contributed by atoms with E-state index in [-0.39, 0.29) is 18.1 Å². The molecule has 150 valence electrons. The van der Waals surface area contributed by atoms with Crippen LogP contribution < -0.4 is 15.2 Å². The monoisotopic (exact) mass is 393 g/mol. The zero-order chi connectivity index (χ0) is 20.5. The highest BCUT2D eigenvalue weighted by molar-refractivity contribution is 5.96. The van der Waals surface area contributed by atoms with Gasteiger partial charge in [0.2, 0.25) is 11.8 Å². The Balaban J connectivity index is 2.06. The van der Waals surface area contributed by atoms with Crippen LogP contribution in [0.1, 0.15) is 36.6 Å². The first-order chi connectivity index (χ1) is 14.1. The second kappa shape index (κ2) is 7.50. The van der Waals surface area contributed by atoms with Gasteiger partial charge < -0.3 is 19.9 Å². The number of esters is 1. The van der Waals surface area contributed by atoms with Crippen LogP contribution in [0.5, 0.6) is 11.6 Å². The number of ether oxygens (including phenoxy) is 3. The van der Waals surface area contributed by atoms with Crippen molar-refractivity contribution in [1.29, 1.82) is 0 Å². The molecule has 0 amide bonds. The summed E-state index contributed by atoms with van der Waals surface area (Å²) >= 11 is 0. The molecular weight excluding hydrogens is 370 g/mol. The number of nitrogens with two attached hydrogens (primary N) is 1. The predicted molar refractivity (Wildman–Crippen MR) is 109 cm³/mol. The van der Waals surface area contributed by atoms with Crippen LogP contribution in [0.15, 0.2) is 47.9 Å². The summed E-state index contributed by atoms with van der Waals surface area (Å²) in [7, 11) is 0. The van der Waals surface area contributed by atoms with Crippen molar-refractivity contribution >= 4 is 16.7 Å². The number of carbonyl (C=O) groups excluding carboxylic acids is 1. The van der Waals surface area contributed by atoms with Gasteiger partial charge in [-0.05, 0) is 37.6 Å². The number of aryl methyl sites for hydroxylation is 1. The van der Waals surface area contributed by atoms with Crippen LogP contribution in [0.2, 0.25) is 0 Å². The number of hydrogen-bond donors (Lipinski definition) is 2. The minimum absolute atomic E-state index is 0.0113. The third-order valence-corrected chi connectivity index (χ3v) is 5.02. The molecule has 0 fully saturated rings. The van der Waals surface area contributed by atoms with Crippen LogP contribution in [0.25, 0.3) is 10.8 Å². The van der Waals surface area contributed by atoms with Gasteiger partial charge in [0.1, 0.15) is 11.3 Å². The first-order valence-electron chi connectivity index (χ1n) is 9.60. The van der Waals surface area contributed by atoms with Gasteiger partial charge in [-0.15, -0.1) is 5.10 Å². The molecule has 2 aromatic carbocycles. The van der Waals surface area contributed by atoms with Gasteiger partial charge in [0.15, 0.2) is 0 Å². The summed E-state index contributed by atoms with van der Waals surface area (Å²) in [6.45, 7) is 6.28. The van der Waals surface area contributed by atoms with Crippen LogP contribution in [0, 0.1) is 6.92 Å². The number of benzene rings is 2. The maximum atomic E-state index is 12.9. The van der Waals surface area contributed by atoms with Gasteiger partial charge in [0.05, 0.1) is 19.1 Å². The molecule has 3 N–H and O–H groups in total. The van der Waals surface area contributed by atoms with Gasteiger partial charge in [0.25, 0.3) is 0 Å². The van der Waals surface area contributed by atoms with Gasteiger partial charge in [-0.3, -0.25) is 5.10 Å². The number of nitrogens with one attached hydrogen (secondary N) is 1. The van der Waals surface area contributed by atoms with Crippen LogP contribution in [-0.2, 0) is 9.53 Å². The molecule has 29 heavy (non-hydrogen) atoms. The summed E-state index contributed by atoms with van der Waals surface area (Å²) in [6.07, 6.45) is 0. The second-order valence-electron chi connectivity index (χ2n) is 6.73. The molecule has 1 aliphatic rings. The molecule has 1 atom stereocenters. The number of rotatable bonds is 5. The van der Waals surface area contributed by atoms with Crippen molar-refractivity contribution in [1.82, 2.24) is 10.2 Å². The van der Waals surface area contributed by atoms with Crippen molar-refractivity contribution in [3.05, 3.63) is 64.7 Å². The summed E-state index contributed by atoms with van der Waals surface area (Å²) in [5.41, 5.74) is 8.82. The minimum atomic E-state index is -0.538. The molecule has 0 saturated carbocycles. The SMILES string of the molecule is CCOC(=O)C1=C(N)Oc2n[nH]c(C)c2C1c1c(OCC)ccc2ccccc12. The van der Waals surface area contributed by atoms with E-state index in [1.165, 1.54) is 0 Å². The van der Waals surface area contributed by atoms with E-state index in [1.807, 2.05) is 50.2 Å². The fourth-order valence-electron chi connectivity index (χ4n) is 3.85. The van der Waals surface area contributed by atoms with Crippen LogP contribution in [-0.4, -0.2) is 29.4 Å². The van der Waals surface area contributed by atoms with Gasteiger partial charge in [-0.25, -0.2) is 4.79 Å². The van der Waals surface area contributed by atoms with Crippen molar-refractivity contribution in [2.75, 3.05) is 13.2 Å². The zero-order valence-corrected chi connectivity index (χ0v) is 16.6. The van der Waals surface area contributed by atoms with Crippen molar-refractivity contribution in [3.8, 4) is 11.6 Å². The molecule has 1 aromatic heterocycles. The number of carbonyl (C=O) groups is 1. The average Bonchev–Trinajstić information content (AvgIpc) is 3.07. The highest BCUT2D eigenvalue weighted by atomic mass is 16.5. The van der Waals surface area contributed by atoms with E-state index in [4.69, 9.17) is 19.9 Å². The van der Waals surface area contributed by atoms with E-state index >= 15 is 0 Å². The Labute approximate surface area is 168 Å². The van der Waals surface area contributed by atoms with Crippen molar-refractivity contribution in [2.45, 2.75) is 26.7 Å². The van der Waals surface area contributed by atoms with Crippen LogP contribution in [0.4, 0.5) is 0 Å². The highest BCUT2D eigenvalue weighted by Crippen LogP contribution is 2.48. The fraction of sp³-hybridized carbons (Fsp3) is 0.273. The molecule has 0 saturated heterocycles. The quantitative estimate of drug-likeness (QED) is 0.644. The summed E-state index contributed by atoms with van der Waals surface area (Å²) in [5, 5.41) is 9.16. The Morgan fingerprint density at radius 3 is 2.72 bits per heavy atom. The molecule has 7 heteroatoms. The largest absolute Gasteiger partial charge is 0.494 e. The number of nitrogens with zero attached hydrogens (tertiary/aromatic N) is 1. The van der Waals surface area contributed by atoms with E-state index in [0.717, 1.165) is 27.6 Å². The van der Waals surface area contributed by atoms with E-state index in [2.05, 4.69) is 10.2 Å². The molecule has 1 unspecified atom stereocenters. The average molecular weight is 393 g/mol. The molecule has 2 heterocycles. The maximum absolute atomic E-state index is 12.9. The summed E-state index contributed by atoms with van der Waals surface area (Å²) in [6, 6.07) is 11.9. The number of aromatic nitrogens is 2. The standard InChI is InChI=1S/C22H23N3O4/c1-4-27-15-11-10-13-8-6-7-9-14(13)17(15)18-16-12(3)24-25-21(16)29-20(23)19(18)22(26)28-5-2/h6-11,18H,4-5,23H2,1-3H3,(H,24,25). The molecule has 0 aliphatic carbocycles. The minimum Gasteiger partial charge on any atom is -0.494 e. The summed E-state index contributed by atoms with van der Waals surface area (Å²) < 4.78 is 17.0. The lowest BCUT2D eigenvalue weighted by molar-refractivity contribution is -0.139. The van der Waals surface area contributed by atoms with Gasteiger partial charge >= 0.3 is 5.97 Å². The Hall–Kier alpha value is -3.48. The number of H-pyrrole nitrogens is 1. The zero-order valence-electron chi connectivity index (χ0n) is 16.6. The number of aromatic amines is 1. The third kappa shape index (κ3) is 3.08. The Kier molecular flexibility index (Phi) is 4.88. The summed E-state index contributed by atoms with van der Waals surface area (Å²) in [5.74, 6) is -0.0312. The van der Waals surface area contributed by atoms with Gasteiger partial charge in [-0.2, -0.15) is 0 Å². The fourth-order valence-corrected chi connectivity index (χ4v) is 3.85. The van der Waals surface area contributed by atoms with E-state index in [9.17, 15) is 4.79 Å². The lowest BCUT2D eigenvalue weighted by Crippen LogP contribution is -2.28. The molecule has 1 aliphatic heterocycles. The lowest BCUT2D eigenvalue weighted by atomic mass is 9.80. The summed E-state index contributed by atoms with van der Waals surface area (Å²) in [4.78, 5) is 12.9. The first-order valence-corrected chi connectivity index (χ1v) is 9.60. The highest BCUT2D eigenvalue weighted by Gasteiger charge is 2.40. The Bertz CT molecular complexity index is 1120. The Morgan fingerprint density at radius 2 is 1.97 bits per heavy atom. The molecule has 0 spiro atoms. The van der Waals surface area contributed by atoms with Gasteiger partial charge in [-0.1, -0.05) is 30.3 Å². The number of fused-ring (bicyclic) bond motifs is 2. The third-order valence-electron chi connectivity index (χ3n) is 5.02. The molecule has 3 aromatic rings. The molecule has 7 nitrogen and oxygen atoms in total. The second-order valence-corrected chi connectivity index (χ2v) is 6.73. The lowest BCUT2D eigenvalue weighted by Gasteiger charge is -2.28. The van der Waals surface area contributed by atoms with Crippen molar-refractivity contribution in [3.63, 3.8) is 0 Å². The predicted octanol–water partition coefficient (Wildman–Crippen LogP) is 3.53. The molecule has 4 rings (SSSR count). The van der Waals surface area contributed by atoms with E-state index < -0.39 is 11.9 Å². The van der Waals surface area contributed by atoms with Crippen molar-refractivity contribution < 1.29 is 19.0 Å². The normalized spacial score (nSPS) is 15.8. The molecule has 0 radical (unpaired) electrons. The van der Waals surface area contributed by atoms with Crippen LogP contribution >= 0.6 is 0 Å². The Morgan fingerprint density at radius 1 is 1.17 bits per heavy atom. The molecule has 0 bridgehead atoms.